The van der Waals surface area contributed by atoms with Crippen molar-refractivity contribution in [3.63, 3.8) is 0 Å². The average Bonchev–Trinajstić information content (AvgIpc) is 2.61. The molecular weight excluding hydrogens is 344 g/mol. The van der Waals surface area contributed by atoms with Gasteiger partial charge in [-0.25, -0.2) is 19.2 Å². The van der Waals surface area contributed by atoms with Crippen LogP contribution in [0.25, 0.3) is 0 Å². The lowest BCUT2D eigenvalue weighted by molar-refractivity contribution is 0.0599. The van der Waals surface area contributed by atoms with E-state index in [4.69, 9.17) is 0 Å². The Bertz CT molecular complexity index is 760. The van der Waals surface area contributed by atoms with Gasteiger partial charge < -0.3 is 18.9 Å². The first kappa shape index (κ1) is 20.1. The number of hydrogen-bond donors (Lipinski definition) is 0. The number of hydrogen-bond acceptors (Lipinski definition) is 8. The predicted molar refractivity (Wildman–Crippen MR) is 88.9 cm³/mol. The molecule has 8 heteroatoms. The van der Waals surface area contributed by atoms with Crippen molar-refractivity contribution < 1.29 is 38.1 Å². The van der Waals surface area contributed by atoms with Crippen molar-refractivity contribution in [1.29, 1.82) is 0 Å². The summed E-state index contributed by atoms with van der Waals surface area (Å²) in [6.07, 6.45) is 3.27. The van der Waals surface area contributed by atoms with E-state index in [-0.39, 0.29) is 5.56 Å². The smallest absolute Gasteiger partial charge is 0.344 e. The van der Waals surface area contributed by atoms with Gasteiger partial charge in [0.1, 0.15) is 0 Å². The van der Waals surface area contributed by atoms with Crippen LogP contribution in [0.5, 0.6) is 0 Å². The van der Waals surface area contributed by atoms with Gasteiger partial charge in [-0.05, 0) is 12.1 Å². The van der Waals surface area contributed by atoms with Crippen molar-refractivity contribution in [2.24, 2.45) is 0 Å². The third-order valence-corrected chi connectivity index (χ3v) is 2.78. The summed E-state index contributed by atoms with van der Waals surface area (Å²) in [6.45, 7) is 12.9. The molecule has 0 aliphatic carbocycles. The summed E-state index contributed by atoms with van der Waals surface area (Å²) in [5.74, 6) is -4.19. The molecule has 134 valence electrons. The molecule has 0 radical (unpaired) electrons. The minimum atomic E-state index is -1.10. The first-order valence-electron chi connectivity index (χ1n) is 6.86. The number of carbonyl (C=O) groups is 4. The summed E-state index contributed by atoms with van der Waals surface area (Å²) in [5.41, 5.74) is -1.65. The summed E-state index contributed by atoms with van der Waals surface area (Å²) >= 11 is 0. The maximum atomic E-state index is 12.2. The molecule has 0 aliphatic rings. The summed E-state index contributed by atoms with van der Waals surface area (Å²) in [4.78, 5) is 48.5. The molecule has 0 unspecified atom stereocenters. The van der Waals surface area contributed by atoms with E-state index in [1.807, 2.05) is 0 Å². The number of esters is 4. The molecule has 0 aliphatic heterocycles. The Morgan fingerprint density at radius 1 is 0.615 bits per heavy atom. The lowest BCUT2D eigenvalue weighted by Crippen LogP contribution is -2.19. The van der Waals surface area contributed by atoms with Crippen LogP contribution in [0.4, 0.5) is 0 Å². The molecule has 0 saturated heterocycles. The largest absolute Gasteiger partial charge is 0.432 e. The van der Waals surface area contributed by atoms with E-state index in [0.717, 1.165) is 37.2 Å². The molecule has 1 aromatic rings. The van der Waals surface area contributed by atoms with Gasteiger partial charge in [-0.3, -0.25) is 0 Å². The van der Waals surface area contributed by atoms with Crippen molar-refractivity contribution in [1.82, 2.24) is 0 Å². The Hall–Kier alpha value is -3.94. The van der Waals surface area contributed by atoms with E-state index >= 15 is 0 Å². The molecule has 1 rings (SSSR count). The molecular formula is C18H14O8. The molecule has 0 N–H and O–H groups in total. The van der Waals surface area contributed by atoms with E-state index < -0.39 is 40.6 Å². The Labute approximate surface area is 148 Å². The first-order chi connectivity index (χ1) is 12.4. The molecule has 26 heavy (non-hydrogen) atoms. The van der Waals surface area contributed by atoms with E-state index in [9.17, 15) is 19.2 Å². The maximum Gasteiger partial charge on any atom is 0.344 e. The van der Waals surface area contributed by atoms with Crippen LogP contribution in [0, 0.1) is 0 Å². The third kappa shape index (κ3) is 4.54. The minimum Gasteiger partial charge on any atom is -0.432 e. The van der Waals surface area contributed by atoms with Gasteiger partial charge in [0.05, 0.1) is 47.3 Å². The van der Waals surface area contributed by atoms with Gasteiger partial charge in [-0.15, -0.1) is 0 Å². The van der Waals surface area contributed by atoms with E-state index in [1.54, 1.807) is 0 Å². The standard InChI is InChI=1S/C18H14O8/c1-5-23-15(19)11-9-12(16(20)24-6-2)14(18(22)26-8-4)13(10-11)17(21)25-7-3/h5-10H,1-4H2. The SMILES string of the molecule is C=COC(=O)c1cc(C(=O)OC=C)c(C(=O)OC=C)c(C(=O)OC=C)c1. The van der Waals surface area contributed by atoms with Crippen LogP contribution < -0.4 is 0 Å². The monoisotopic (exact) mass is 358 g/mol. The van der Waals surface area contributed by atoms with Crippen LogP contribution >= 0.6 is 0 Å². The summed E-state index contributed by atoms with van der Waals surface area (Å²) in [6, 6.07) is 1.98. The van der Waals surface area contributed by atoms with Crippen molar-refractivity contribution in [2.45, 2.75) is 0 Å². The van der Waals surface area contributed by atoms with Gasteiger partial charge in [-0.1, -0.05) is 26.3 Å². The normalized spacial score (nSPS) is 9.23. The molecule has 0 atom stereocenters. The summed E-state index contributed by atoms with van der Waals surface area (Å²) in [5, 5.41) is 0. The highest BCUT2D eigenvalue weighted by molar-refractivity contribution is 6.12. The van der Waals surface area contributed by atoms with Crippen molar-refractivity contribution in [3.05, 3.63) is 85.8 Å². The van der Waals surface area contributed by atoms with Crippen molar-refractivity contribution >= 4 is 23.9 Å². The van der Waals surface area contributed by atoms with Crippen molar-refractivity contribution in [3.8, 4) is 0 Å². The number of ether oxygens (including phenoxy) is 4. The second-order valence-electron chi connectivity index (χ2n) is 4.23. The fraction of sp³-hybridized carbons (Fsp3) is 0. The molecule has 0 spiro atoms. The fourth-order valence-corrected chi connectivity index (χ4v) is 1.86. The predicted octanol–water partition coefficient (Wildman–Crippen LogP) is 2.89. The highest BCUT2D eigenvalue weighted by atomic mass is 16.5. The van der Waals surface area contributed by atoms with Crippen LogP contribution in [0.15, 0.2) is 63.5 Å². The third-order valence-electron chi connectivity index (χ3n) is 2.78. The quantitative estimate of drug-likeness (QED) is 0.397. The zero-order valence-corrected chi connectivity index (χ0v) is 13.6. The second kappa shape index (κ2) is 9.38. The summed E-state index contributed by atoms with van der Waals surface area (Å²) in [7, 11) is 0. The summed E-state index contributed by atoms with van der Waals surface area (Å²) < 4.78 is 18.5. The number of benzene rings is 1. The molecule has 8 nitrogen and oxygen atoms in total. The van der Waals surface area contributed by atoms with Gasteiger partial charge in [0, 0.05) is 0 Å². The Balaban J connectivity index is 3.78. The van der Waals surface area contributed by atoms with Crippen LogP contribution in [0.3, 0.4) is 0 Å². The molecule has 1 aromatic carbocycles. The van der Waals surface area contributed by atoms with E-state index in [2.05, 4.69) is 45.3 Å². The average molecular weight is 358 g/mol. The van der Waals surface area contributed by atoms with Crippen molar-refractivity contribution in [2.75, 3.05) is 0 Å². The first-order valence-corrected chi connectivity index (χ1v) is 6.86. The Morgan fingerprint density at radius 3 is 1.35 bits per heavy atom. The van der Waals surface area contributed by atoms with Crippen LogP contribution in [0.2, 0.25) is 0 Å². The highest BCUT2D eigenvalue weighted by Gasteiger charge is 2.29. The van der Waals surface area contributed by atoms with E-state index in [0.29, 0.717) is 0 Å². The zero-order valence-electron chi connectivity index (χ0n) is 13.6. The Kier molecular flexibility index (Phi) is 7.25. The van der Waals surface area contributed by atoms with Gasteiger partial charge >= 0.3 is 23.9 Å². The van der Waals surface area contributed by atoms with Crippen LogP contribution in [-0.2, 0) is 18.9 Å². The van der Waals surface area contributed by atoms with Crippen LogP contribution in [-0.4, -0.2) is 23.9 Å². The van der Waals surface area contributed by atoms with Gasteiger partial charge in [0.2, 0.25) is 0 Å². The Morgan fingerprint density at radius 2 is 0.962 bits per heavy atom. The van der Waals surface area contributed by atoms with E-state index in [1.165, 1.54) is 0 Å². The van der Waals surface area contributed by atoms with Gasteiger partial charge in [0.25, 0.3) is 0 Å². The molecule has 0 saturated carbocycles. The topological polar surface area (TPSA) is 105 Å². The molecule has 0 aromatic heterocycles. The molecule has 0 heterocycles. The van der Waals surface area contributed by atoms with Gasteiger partial charge in [-0.2, -0.15) is 0 Å². The van der Waals surface area contributed by atoms with Gasteiger partial charge in [0.15, 0.2) is 0 Å². The zero-order chi connectivity index (χ0) is 19.7. The lowest BCUT2D eigenvalue weighted by atomic mass is 9.97. The number of carbonyl (C=O) groups excluding carboxylic acids is 4. The molecule has 0 fully saturated rings. The second-order valence-corrected chi connectivity index (χ2v) is 4.23. The number of rotatable bonds is 8. The lowest BCUT2D eigenvalue weighted by Gasteiger charge is -2.12. The highest BCUT2D eigenvalue weighted by Crippen LogP contribution is 2.23. The van der Waals surface area contributed by atoms with Crippen LogP contribution in [0.1, 0.15) is 41.4 Å². The fourth-order valence-electron chi connectivity index (χ4n) is 1.86. The maximum absolute atomic E-state index is 12.2. The molecule has 0 bridgehead atoms. The minimum absolute atomic E-state index is 0.243. The molecule has 0 amide bonds.